The van der Waals surface area contributed by atoms with Gasteiger partial charge in [0.2, 0.25) is 0 Å². The molecule has 26 heavy (non-hydrogen) atoms. The number of carboxylic acid groups (broad SMARTS) is 1. The summed E-state index contributed by atoms with van der Waals surface area (Å²) in [6.07, 6.45) is 3.84. The minimum atomic E-state index is -0.724. The molecule has 0 bridgehead atoms. The van der Waals surface area contributed by atoms with Crippen molar-refractivity contribution in [2.75, 3.05) is 0 Å². The smallest absolute Gasteiger partial charge is 0.303 e. The van der Waals surface area contributed by atoms with E-state index in [-0.39, 0.29) is 11.8 Å². The van der Waals surface area contributed by atoms with Gasteiger partial charge in [-0.3, -0.25) is 4.79 Å². The van der Waals surface area contributed by atoms with Gasteiger partial charge >= 0.3 is 5.97 Å². The van der Waals surface area contributed by atoms with Crippen LogP contribution in [0.1, 0.15) is 42.0 Å². The number of hydrogen-bond acceptors (Lipinski definition) is 1. The van der Waals surface area contributed by atoms with Crippen LogP contribution in [0.15, 0.2) is 79.0 Å². The lowest BCUT2D eigenvalue weighted by Crippen LogP contribution is -2.32. The maximum atomic E-state index is 11.2. The quantitative estimate of drug-likeness (QED) is 0.695. The molecule has 3 heteroatoms. The van der Waals surface area contributed by atoms with Gasteiger partial charge in [0.1, 0.15) is 0 Å². The molecule has 3 nitrogen and oxygen atoms in total. The highest BCUT2D eigenvalue weighted by atomic mass is 16.4. The van der Waals surface area contributed by atoms with Crippen LogP contribution in [0.25, 0.3) is 0 Å². The second-order valence-electron chi connectivity index (χ2n) is 7.09. The molecule has 0 aliphatic carbocycles. The number of aliphatic carboxylic acids is 1. The van der Waals surface area contributed by atoms with Crippen molar-refractivity contribution < 1.29 is 9.90 Å². The van der Waals surface area contributed by atoms with Gasteiger partial charge in [-0.05, 0) is 36.1 Å². The van der Waals surface area contributed by atoms with Gasteiger partial charge in [0.15, 0.2) is 0 Å². The third-order valence-corrected chi connectivity index (χ3v) is 5.71. The molecule has 2 unspecified atom stereocenters. The number of aromatic nitrogens is 1. The second kappa shape index (κ2) is 6.83. The zero-order valence-electron chi connectivity index (χ0n) is 14.7. The number of fused-ring (bicyclic) bond motifs is 1. The first-order valence-corrected chi connectivity index (χ1v) is 9.20. The third kappa shape index (κ3) is 2.74. The Morgan fingerprint density at radius 3 is 2.38 bits per heavy atom. The van der Waals surface area contributed by atoms with Gasteiger partial charge in [0.25, 0.3) is 0 Å². The first-order chi connectivity index (χ1) is 12.7. The lowest BCUT2D eigenvalue weighted by atomic mass is 9.65. The maximum absolute atomic E-state index is 11.2. The zero-order chi connectivity index (χ0) is 18.0. The molecule has 0 amide bonds. The van der Waals surface area contributed by atoms with Crippen LogP contribution in [0.5, 0.6) is 0 Å². The maximum Gasteiger partial charge on any atom is 0.303 e. The molecular weight excluding hydrogens is 322 g/mol. The molecule has 132 valence electrons. The predicted octanol–water partition coefficient (Wildman–Crippen LogP) is 4.83. The van der Waals surface area contributed by atoms with Crippen LogP contribution in [0.4, 0.5) is 0 Å². The van der Waals surface area contributed by atoms with Crippen molar-refractivity contribution in [3.05, 3.63) is 95.8 Å². The van der Waals surface area contributed by atoms with Gasteiger partial charge in [0.05, 0.1) is 0 Å². The van der Waals surface area contributed by atoms with Gasteiger partial charge in [-0.25, -0.2) is 0 Å². The van der Waals surface area contributed by atoms with Gasteiger partial charge in [-0.15, -0.1) is 0 Å². The standard InChI is InChI=1S/C23H23NO2/c25-22(26)14-7-15-23(19-11-5-2-6-12-19)20(18-9-3-1-4-10-18)17-24-16-8-13-21(23)24/h1-6,8-13,16,20H,7,14-15,17H2,(H,25,26). The molecule has 1 N–H and O–H groups in total. The Hall–Kier alpha value is -2.81. The van der Waals surface area contributed by atoms with Crippen molar-refractivity contribution in [2.45, 2.75) is 37.1 Å². The number of carboxylic acids is 1. The number of rotatable bonds is 6. The molecule has 3 aromatic rings. The first kappa shape index (κ1) is 16.6. The topological polar surface area (TPSA) is 42.2 Å². The number of nitrogens with zero attached hydrogens (tertiary/aromatic N) is 1. The summed E-state index contributed by atoms with van der Waals surface area (Å²) in [4.78, 5) is 11.2. The van der Waals surface area contributed by atoms with E-state index in [1.54, 1.807) is 0 Å². The molecule has 4 rings (SSSR count). The van der Waals surface area contributed by atoms with Crippen molar-refractivity contribution >= 4 is 5.97 Å². The predicted molar refractivity (Wildman–Crippen MR) is 102 cm³/mol. The summed E-state index contributed by atoms with van der Waals surface area (Å²) >= 11 is 0. The van der Waals surface area contributed by atoms with Crippen molar-refractivity contribution in [3.8, 4) is 0 Å². The fourth-order valence-electron chi connectivity index (χ4n) is 4.63. The molecule has 1 aromatic heterocycles. The van der Waals surface area contributed by atoms with Crippen molar-refractivity contribution in [1.82, 2.24) is 4.57 Å². The second-order valence-corrected chi connectivity index (χ2v) is 7.09. The van der Waals surface area contributed by atoms with E-state index in [2.05, 4.69) is 71.4 Å². The lowest BCUT2D eigenvalue weighted by molar-refractivity contribution is -0.137. The average Bonchev–Trinajstić information content (AvgIpc) is 3.24. The van der Waals surface area contributed by atoms with Crippen molar-refractivity contribution in [1.29, 1.82) is 0 Å². The van der Waals surface area contributed by atoms with Crippen LogP contribution in [-0.2, 0) is 16.8 Å². The Morgan fingerprint density at radius 2 is 1.69 bits per heavy atom. The highest BCUT2D eigenvalue weighted by Crippen LogP contribution is 2.53. The molecular formula is C23H23NO2. The normalized spacial score (nSPS) is 21.5. The third-order valence-electron chi connectivity index (χ3n) is 5.71. The highest BCUT2D eigenvalue weighted by molar-refractivity contribution is 5.66. The average molecular weight is 345 g/mol. The summed E-state index contributed by atoms with van der Waals surface area (Å²) in [5, 5.41) is 9.17. The van der Waals surface area contributed by atoms with E-state index in [0.717, 1.165) is 13.0 Å². The number of benzene rings is 2. The Morgan fingerprint density at radius 1 is 1.00 bits per heavy atom. The van der Waals surface area contributed by atoms with Crippen LogP contribution in [-0.4, -0.2) is 15.6 Å². The van der Waals surface area contributed by atoms with Crippen molar-refractivity contribution in [3.63, 3.8) is 0 Å². The van der Waals surface area contributed by atoms with Crippen LogP contribution >= 0.6 is 0 Å². The summed E-state index contributed by atoms with van der Waals surface area (Å²) in [6.45, 7) is 0.925. The molecule has 0 fully saturated rings. The van der Waals surface area contributed by atoms with Gasteiger partial charge in [-0.2, -0.15) is 0 Å². The Bertz CT molecular complexity index is 885. The minimum absolute atomic E-state index is 0.193. The number of hydrogen-bond donors (Lipinski definition) is 1. The largest absolute Gasteiger partial charge is 0.481 e. The zero-order valence-corrected chi connectivity index (χ0v) is 14.7. The van der Waals surface area contributed by atoms with E-state index >= 15 is 0 Å². The van der Waals surface area contributed by atoms with E-state index in [1.807, 2.05) is 12.1 Å². The summed E-state index contributed by atoms with van der Waals surface area (Å²) < 4.78 is 2.34. The molecule has 0 saturated heterocycles. The van der Waals surface area contributed by atoms with Crippen molar-refractivity contribution in [2.24, 2.45) is 0 Å². The molecule has 1 aliphatic heterocycles. The molecule has 1 aliphatic rings. The Labute approximate surface area is 153 Å². The Kier molecular flexibility index (Phi) is 4.37. The first-order valence-electron chi connectivity index (χ1n) is 9.20. The highest BCUT2D eigenvalue weighted by Gasteiger charge is 2.48. The van der Waals surface area contributed by atoms with E-state index in [4.69, 9.17) is 0 Å². The molecule has 2 heterocycles. The van der Waals surface area contributed by atoms with Crippen LogP contribution in [0.3, 0.4) is 0 Å². The lowest BCUT2D eigenvalue weighted by Gasteiger charge is -2.36. The van der Waals surface area contributed by atoms with E-state index in [1.165, 1.54) is 16.8 Å². The van der Waals surface area contributed by atoms with E-state index in [0.29, 0.717) is 12.3 Å². The number of carbonyl (C=O) groups is 1. The fraction of sp³-hybridized carbons (Fsp3) is 0.261. The molecule has 0 spiro atoms. The SMILES string of the molecule is O=C(O)CCCC1(c2ccccc2)c2cccn2CC1c1ccccc1. The minimum Gasteiger partial charge on any atom is -0.481 e. The van der Waals surface area contributed by atoms with Gasteiger partial charge < -0.3 is 9.67 Å². The molecule has 0 saturated carbocycles. The summed E-state index contributed by atoms with van der Waals surface area (Å²) in [5.41, 5.74) is 3.69. The van der Waals surface area contributed by atoms with Crippen LogP contribution < -0.4 is 0 Å². The monoisotopic (exact) mass is 345 g/mol. The summed E-state index contributed by atoms with van der Waals surface area (Å²) in [5.74, 6) is -0.422. The molecule has 0 radical (unpaired) electrons. The Balaban J connectivity index is 1.85. The van der Waals surface area contributed by atoms with Gasteiger partial charge in [0, 0.05) is 36.2 Å². The molecule has 2 atom stereocenters. The van der Waals surface area contributed by atoms with Crippen LogP contribution in [0.2, 0.25) is 0 Å². The van der Waals surface area contributed by atoms with Crippen LogP contribution in [0, 0.1) is 0 Å². The van der Waals surface area contributed by atoms with Gasteiger partial charge in [-0.1, -0.05) is 60.7 Å². The summed E-state index contributed by atoms with van der Waals surface area (Å²) in [7, 11) is 0. The molecule has 2 aromatic carbocycles. The van der Waals surface area contributed by atoms with E-state index in [9.17, 15) is 9.90 Å². The fourth-order valence-corrected chi connectivity index (χ4v) is 4.63. The summed E-state index contributed by atoms with van der Waals surface area (Å²) in [6, 6.07) is 25.5. The van der Waals surface area contributed by atoms with E-state index < -0.39 is 5.97 Å².